The number of benzene rings is 2. The Labute approximate surface area is 179 Å². The number of halogens is 1. The van der Waals surface area contributed by atoms with Crippen molar-refractivity contribution in [1.82, 2.24) is 14.5 Å². The van der Waals surface area contributed by atoms with E-state index >= 15 is 0 Å². The van der Waals surface area contributed by atoms with E-state index in [9.17, 15) is 14.0 Å². The fourth-order valence-corrected chi connectivity index (χ4v) is 4.02. The lowest BCUT2D eigenvalue weighted by molar-refractivity contribution is -0.127. The fraction of sp³-hybridized carbons (Fsp3) is 0.348. The summed E-state index contributed by atoms with van der Waals surface area (Å²) in [5, 5.41) is 1.11. The number of carbonyl (C=O) groups excluding carboxylic acids is 1. The molecule has 0 radical (unpaired) electrons. The molecule has 7 heteroatoms. The summed E-state index contributed by atoms with van der Waals surface area (Å²) in [6.45, 7) is 4.95. The van der Waals surface area contributed by atoms with Crippen LogP contribution in [-0.4, -0.2) is 33.2 Å². The molecular weight excluding hydrogens is 401 g/mol. The first-order valence-electron chi connectivity index (χ1n) is 9.96. The summed E-state index contributed by atoms with van der Waals surface area (Å²) in [5.41, 5.74) is 1.00. The molecule has 1 heterocycles. The highest BCUT2D eigenvalue weighted by atomic mass is 32.2. The van der Waals surface area contributed by atoms with Crippen molar-refractivity contribution in [3.8, 4) is 0 Å². The molecule has 0 saturated carbocycles. The lowest BCUT2D eigenvalue weighted by atomic mass is 10.1. The summed E-state index contributed by atoms with van der Waals surface area (Å²) in [4.78, 5) is 31.7. The van der Waals surface area contributed by atoms with Crippen LogP contribution in [0.2, 0.25) is 0 Å². The van der Waals surface area contributed by atoms with E-state index in [1.54, 1.807) is 41.9 Å². The van der Waals surface area contributed by atoms with Crippen LogP contribution < -0.4 is 5.56 Å². The number of rotatable bonds is 8. The minimum absolute atomic E-state index is 0.0871. The SMILES string of the molecule is CC(C)CCn1c(SCC(=O)N(C)Cc2ccccc2F)nc2ccccc2c1=O. The Morgan fingerprint density at radius 2 is 1.87 bits per heavy atom. The Hall–Kier alpha value is -2.67. The normalized spacial score (nSPS) is 11.2. The number of hydrogen-bond donors (Lipinski definition) is 0. The standard InChI is InChI=1S/C23H26FN3O2S/c1-16(2)12-13-27-22(29)18-9-5-7-11-20(18)25-23(27)30-15-21(28)26(3)14-17-8-4-6-10-19(17)24/h4-11,16H,12-15H2,1-3H3. The van der Waals surface area contributed by atoms with Crippen LogP contribution in [0.4, 0.5) is 4.39 Å². The van der Waals surface area contributed by atoms with Crippen molar-refractivity contribution < 1.29 is 9.18 Å². The van der Waals surface area contributed by atoms with E-state index in [4.69, 9.17) is 0 Å². The Bertz CT molecular complexity index is 1100. The second-order valence-electron chi connectivity index (χ2n) is 7.68. The first kappa shape index (κ1) is 22.0. The van der Waals surface area contributed by atoms with Gasteiger partial charge in [-0.25, -0.2) is 9.37 Å². The Balaban J connectivity index is 1.78. The van der Waals surface area contributed by atoms with E-state index in [0.717, 1.165) is 6.42 Å². The molecule has 5 nitrogen and oxygen atoms in total. The van der Waals surface area contributed by atoms with Gasteiger partial charge in [-0.3, -0.25) is 14.2 Å². The Kier molecular flexibility index (Phi) is 7.26. The average molecular weight is 428 g/mol. The average Bonchev–Trinajstić information content (AvgIpc) is 2.73. The zero-order valence-electron chi connectivity index (χ0n) is 17.5. The van der Waals surface area contributed by atoms with E-state index in [1.807, 2.05) is 12.1 Å². The maximum Gasteiger partial charge on any atom is 0.262 e. The highest BCUT2D eigenvalue weighted by Gasteiger charge is 2.16. The summed E-state index contributed by atoms with van der Waals surface area (Å²) in [6.07, 6.45) is 0.842. The highest BCUT2D eigenvalue weighted by molar-refractivity contribution is 7.99. The summed E-state index contributed by atoms with van der Waals surface area (Å²) >= 11 is 1.25. The van der Waals surface area contributed by atoms with Gasteiger partial charge in [0.25, 0.3) is 5.56 Å². The molecular formula is C23H26FN3O2S. The van der Waals surface area contributed by atoms with Gasteiger partial charge in [0.2, 0.25) is 5.91 Å². The van der Waals surface area contributed by atoms with E-state index in [0.29, 0.717) is 34.1 Å². The third kappa shape index (κ3) is 5.27. The van der Waals surface area contributed by atoms with Crippen molar-refractivity contribution in [2.45, 2.75) is 38.5 Å². The quantitative estimate of drug-likeness (QED) is 0.397. The second kappa shape index (κ2) is 9.89. The minimum Gasteiger partial charge on any atom is -0.341 e. The first-order valence-corrected chi connectivity index (χ1v) is 10.9. The van der Waals surface area contributed by atoms with Crippen LogP contribution in [0.3, 0.4) is 0 Å². The number of carbonyl (C=O) groups is 1. The molecule has 30 heavy (non-hydrogen) atoms. The van der Waals surface area contributed by atoms with Gasteiger partial charge in [-0.05, 0) is 30.5 Å². The van der Waals surface area contributed by atoms with Gasteiger partial charge in [0, 0.05) is 25.7 Å². The van der Waals surface area contributed by atoms with Crippen molar-refractivity contribution in [3.63, 3.8) is 0 Å². The molecule has 0 aliphatic carbocycles. The smallest absolute Gasteiger partial charge is 0.262 e. The molecule has 0 atom stereocenters. The number of amides is 1. The molecule has 0 bridgehead atoms. The topological polar surface area (TPSA) is 55.2 Å². The maximum absolute atomic E-state index is 13.9. The van der Waals surface area contributed by atoms with E-state index in [-0.39, 0.29) is 29.6 Å². The minimum atomic E-state index is -0.330. The predicted molar refractivity (Wildman–Crippen MR) is 119 cm³/mol. The fourth-order valence-electron chi connectivity index (χ4n) is 3.05. The van der Waals surface area contributed by atoms with E-state index in [2.05, 4.69) is 18.8 Å². The monoisotopic (exact) mass is 427 g/mol. The zero-order chi connectivity index (χ0) is 21.7. The van der Waals surface area contributed by atoms with Crippen LogP contribution in [0.1, 0.15) is 25.8 Å². The van der Waals surface area contributed by atoms with Crippen LogP contribution in [0.15, 0.2) is 58.5 Å². The van der Waals surface area contributed by atoms with Gasteiger partial charge in [0.15, 0.2) is 5.16 Å². The van der Waals surface area contributed by atoms with Crippen molar-refractivity contribution in [3.05, 3.63) is 70.3 Å². The summed E-state index contributed by atoms with van der Waals surface area (Å²) in [6, 6.07) is 13.7. The van der Waals surface area contributed by atoms with Gasteiger partial charge in [-0.15, -0.1) is 0 Å². The third-order valence-corrected chi connectivity index (χ3v) is 5.83. The van der Waals surface area contributed by atoms with Crippen LogP contribution in [0, 0.1) is 11.7 Å². The molecule has 2 aromatic carbocycles. The lowest BCUT2D eigenvalue weighted by Gasteiger charge is -2.18. The molecule has 158 valence electrons. The molecule has 1 aromatic heterocycles. The number of thioether (sulfide) groups is 1. The van der Waals surface area contributed by atoms with Crippen LogP contribution in [0.5, 0.6) is 0 Å². The van der Waals surface area contributed by atoms with Crippen molar-refractivity contribution in [2.75, 3.05) is 12.8 Å². The third-order valence-electron chi connectivity index (χ3n) is 4.87. The van der Waals surface area contributed by atoms with Crippen LogP contribution in [0.25, 0.3) is 10.9 Å². The molecule has 3 aromatic rings. The second-order valence-corrected chi connectivity index (χ2v) is 8.62. The maximum atomic E-state index is 13.9. The summed E-state index contributed by atoms with van der Waals surface area (Å²) in [7, 11) is 1.65. The molecule has 3 rings (SSSR count). The van der Waals surface area contributed by atoms with Gasteiger partial charge < -0.3 is 4.90 Å². The lowest BCUT2D eigenvalue weighted by Crippen LogP contribution is -2.29. The van der Waals surface area contributed by atoms with Gasteiger partial charge in [-0.2, -0.15) is 0 Å². The van der Waals surface area contributed by atoms with Crippen LogP contribution in [-0.2, 0) is 17.9 Å². The number of fused-ring (bicyclic) bond motifs is 1. The number of nitrogens with zero attached hydrogens (tertiary/aromatic N) is 3. The summed E-state index contributed by atoms with van der Waals surface area (Å²) < 4.78 is 15.5. The Morgan fingerprint density at radius 1 is 1.17 bits per heavy atom. The molecule has 0 N–H and O–H groups in total. The van der Waals surface area contributed by atoms with E-state index in [1.165, 1.54) is 22.7 Å². The molecule has 0 unspecified atom stereocenters. The molecule has 0 saturated heterocycles. The first-order chi connectivity index (χ1) is 14.4. The molecule has 0 spiro atoms. The highest BCUT2D eigenvalue weighted by Crippen LogP contribution is 2.20. The van der Waals surface area contributed by atoms with Crippen LogP contribution >= 0.6 is 11.8 Å². The van der Waals surface area contributed by atoms with Crippen molar-refractivity contribution in [2.24, 2.45) is 5.92 Å². The molecule has 0 fully saturated rings. The van der Waals surface area contributed by atoms with Crippen molar-refractivity contribution in [1.29, 1.82) is 0 Å². The largest absolute Gasteiger partial charge is 0.341 e. The number of hydrogen-bond acceptors (Lipinski definition) is 4. The van der Waals surface area contributed by atoms with Gasteiger partial charge in [0.05, 0.1) is 16.7 Å². The van der Waals surface area contributed by atoms with Gasteiger partial charge >= 0.3 is 0 Å². The molecule has 1 amide bonds. The van der Waals surface area contributed by atoms with Gasteiger partial charge in [0.1, 0.15) is 5.82 Å². The molecule has 0 aliphatic rings. The number of para-hydroxylation sites is 1. The van der Waals surface area contributed by atoms with Crippen molar-refractivity contribution >= 4 is 28.6 Å². The predicted octanol–water partition coefficient (Wildman–Crippen LogP) is 4.33. The van der Waals surface area contributed by atoms with E-state index < -0.39 is 0 Å². The Morgan fingerprint density at radius 3 is 2.60 bits per heavy atom. The number of aromatic nitrogens is 2. The zero-order valence-corrected chi connectivity index (χ0v) is 18.3. The van der Waals surface area contributed by atoms with Gasteiger partial charge in [-0.1, -0.05) is 55.9 Å². The molecule has 0 aliphatic heterocycles. The summed E-state index contributed by atoms with van der Waals surface area (Å²) in [5.74, 6) is 0.0802.